The predicted molar refractivity (Wildman–Crippen MR) is 213 cm³/mol. The van der Waals surface area contributed by atoms with Gasteiger partial charge in [-0.3, -0.25) is 14.4 Å². The van der Waals surface area contributed by atoms with Crippen molar-refractivity contribution in [2.24, 2.45) is 16.2 Å². The number of amides is 1. The van der Waals surface area contributed by atoms with Gasteiger partial charge in [-0.2, -0.15) is 13.2 Å². The Kier molecular flexibility index (Phi) is 10.7. The Morgan fingerprint density at radius 3 is 2.42 bits per heavy atom. The molecule has 7 nitrogen and oxygen atoms in total. The topological polar surface area (TPSA) is 104 Å². The number of rotatable bonds is 8. The van der Waals surface area contributed by atoms with E-state index in [2.05, 4.69) is 6.08 Å². The molecule has 0 spiro atoms. The van der Waals surface area contributed by atoms with Crippen molar-refractivity contribution in [3.8, 4) is 0 Å². The third-order valence-corrected chi connectivity index (χ3v) is 15.7. The zero-order valence-electron chi connectivity index (χ0n) is 33.5. The zero-order chi connectivity index (χ0) is 41.2. The van der Waals surface area contributed by atoms with Gasteiger partial charge in [0.25, 0.3) is 5.91 Å². The summed E-state index contributed by atoms with van der Waals surface area (Å²) in [4.78, 5) is 45.7. The SMILES string of the molecule is CC1=CCCC2(C)C(CCC2(O)CN(CCc2cccs2)C(=O)C23CCC(C)(C(=O)O2)C3(C)C)c2ccc(cc2C(=O)c2cccc(C(F)(F)F)c2)CC(O)CC1. The minimum atomic E-state index is -4.64. The number of carbonyl (C=O) groups excluding carboxylic acids is 3. The molecule has 0 radical (unpaired) electrons. The Labute approximate surface area is 337 Å². The maximum atomic E-state index is 15.1. The van der Waals surface area contributed by atoms with Gasteiger partial charge in [0.1, 0.15) is 0 Å². The number of aliphatic hydroxyl groups excluding tert-OH is 1. The summed E-state index contributed by atoms with van der Waals surface area (Å²) in [5.74, 6) is -1.65. The van der Waals surface area contributed by atoms with Gasteiger partial charge in [0.15, 0.2) is 11.4 Å². The normalized spacial score (nSPS) is 31.1. The third kappa shape index (κ3) is 6.99. The van der Waals surface area contributed by atoms with E-state index in [1.165, 1.54) is 12.1 Å². The molecule has 1 saturated heterocycles. The minimum absolute atomic E-state index is 0.0276. The van der Waals surface area contributed by atoms with Crippen LogP contribution in [0.15, 0.2) is 71.6 Å². The van der Waals surface area contributed by atoms with Gasteiger partial charge in [0.05, 0.1) is 29.2 Å². The summed E-state index contributed by atoms with van der Waals surface area (Å²) in [6.07, 6.45) is 1.52. The van der Waals surface area contributed by atoms with Gasteiger partial charge >= 0.3 is 12.1 Å². The number of nitrogens with zero attached hydrogens (tertiary/aromatic N) is 1. The summed E-state index contributed by atoms with van der Waals surface area (Å²) in [6.45, 7) is 10.0. The Hall–Kier alpha value is -3.80. The van der Waals surface area contributed by atoms with Crippen LogP contribution in [-0.4, -0.2) is 63.2 Å². The number of alkyl halides is 3. The van der Waals surface area contributed by atoms with E-state index in [1.807, 2.05) is 64.3 Å². The molecule has 6 atom stereocenters. The van der Waals surface area contributed by atoms with Gasteiger partial charge < -0.3 is 19.8 Å². The van der Waals surface area contributed by atoms with E-state index in [4.69, 9.17) is 4.74 Å². The standard InChI is InChI=1S/C46H54F3NO6S/c1-29-9-7-19-42(4)37(35-16-14-30(25-33(51)15-13-29)26-36(35)38(52)31-10-6-11-32(27-31)46(47,48)49)17-20-44(42,55)28-50(23-18-34-12-8-24-57-34)39(53)45-22-21-43(5,40(54)56-45)41(45,2)3/h6,8-12,14,16,24,26-27,33,37,51,55H,7,13,15,17-23,25,28H2,1-5H3. The number of benzene rings is 2. The fourth-order valence-electron chi connectivity index (χ4n) is 10.4. The smallest absolute Gasteiger partial charge is 0.416 e. The van der Waals surface area contributed by atoms with Crippen LogP contribution in [-0.2, 0) is 33.3 Å². The summed E-state index contributed by atoms with van der Waals surface area (Å²) in [5, 5.41) is 26.2. The quantitative estimate of drug-likeness (QED) is 0.134. The van der Waals surface area contributed by atoms with Crippen LogP contribution in [0.25, 0.3) is 0 Å². The molecule has 1 amide bonds. The number of halogens is 3. The van der Waals surface area contributed by atoms with Crippen molar-refractivity contribution in [3.63, 3.8) is 0 Å². The van der Waals surface area contributed by atoms with Crippen molar-refractivity contribution in [1.82, 2.24) is 4.90 Å². The van der Waals surface area contributed by atoms with Crippen molar-refractivity contribution in [2.45, 2.75) is 128 Å². The van der Waals surface area contributed by atoms with Crippen LogP contribution < -0.4 is 0 Å². The molecule has 11 heteroatoms. The number of ketones is 1. The number of hydrogen-bond donors (Lipinski definition) is 2. The maximum absolute atomic E-state index is 15.1. The van der Waals surface area contributed by atoms with Crippen molar-refractivity contribution in [3.05, 3.63) is 104 Å². The lowest BCUT2D eigenvalue weighted by molar-refractivity contribution is -0.177. The molecule has 8 rings (SSSR count). The van der Waals surface area contributed by atoms with E-state index in [-0.39, 0.29) is 36.0 Å². The van der Waals surface area contributed by atoms with Crippen LogP contribution in [0.1, 0.15) is 129 Å². The molecule has 1 aliphatic heterocycles. The molecule has 6 unspecified atom stereocenters. The number of fused-ring (bicyclic) bond motifs is 10. The summed E-state index contributed by atoms with van der Waals surface area (Å²) in [7, 11) is 0. The summed E-state index contributed by atoms with van der Waals surface area (Å²) in [6, 6.07) is 13.8. The number of esters is 1. The first-order valence-corrected chi connectivity index (χ1v) is 21.1. The average Bonchev–Trinajstić information content (AvgIpc) is 3.86. The van der Waals surface area contributed by atoms with Crippen LogP contribution in [0.5, 0.6) is 0 Å². The van der Waals surface area contributed by atoms with Gasteiger partial charge in [-0.25, -0.2) is 0 Å². The monoisotopic (exact) mass is 805 g/mol. The molecule has 57 heavy (non-hydrogen) atoms. The number of aliphatic hydroxyl groups is 2. The lowest BCUT2D eigenvalue weighted by atomic mass is 9.64. The van der Waals surface area contributed by atoms with Crippen molar-refractivity contribution < 1.29 is 42.5 Å². The molecule has 2 aromatic carbocycles. The van der Waals surface area contributed by atoms with E-state index in [0.29, 0.717) is 75.5 Å². The third-order valence-electron chi connectivity index (χ3n) is 14.7. The maximum Gasteiger partial charge on any atom is 0.416 e. The van der Waals surface area contributed by atoms with Crippen LogP contribution in [0, 0.1) is 16.2 Å². The number of thiophene rings is 1. The van der Waals surface area contributed by atoms with Crippen molar-refractivity contribution in [1.29, 1.82) is 0 Å². The highest BCUT2D eigenvalue weighted by Crippen LogP contribution is 2.66. The van der Waals surface area contributed by atoms with Gasteiger partial charge in [-0.15, -0.1) is 11.3 Å². The number of hydrogen-bond acceptors (Lipinski definition) is 7. The molecule has 4 bridgehead atoms. The van der Waals surface area contributed by atoms with Gasteiger partial charge in [-0.05, 0) is 125 Å². The molecule has 2 N–H and O–H groups in total. The Bertz CT molecular complexity index is 2080. The number of ether oxygens (including phenoxy) is 1. The summed E-state index contributed by atoms with van der Waals surface area (Å²) >= 11 is 1.59. The van der Waals surface area contributed by atoms with Gasteiger partial charge in [-0.1, -0.05) is 62.8 Å². The Balaban J connectivity index is 1.31. The lowest BCUT2D eigenvalue weighted by Crippen LogP contribution is -2.60. The van der Waals surface area contributed by atoms with E-state index < -0.39 is 57.0 Å². The average molecular weight is 806 g/mol. The van der Waals surface area contributed by atoms with E-state index in [1.54, 1.807) is 22.3 Å². The van der Waals surface area contributed by atoms with E-state index in [9.17, 15) is 33.0 Å². The molecule has 5 aliphatic rings. The molecule has 3 aromatic rings. The van der Waals surface area contributed by atoms with Crippen LogP contribution in [0.2, 0.25) is 0 Å². The molecule has 2 heterocycles. The summed E-state index contributed by atoms with van der Waals surface area (Å²) < 4.78 is 47.6. The first-order chi connectivity index (χ1) is 26.7. The molecule has 4 aliphatic carbocycles. The van der Waals surface area contributed by atoms with Crippen LogP contribution in [0.4, 0.5) is 13.2 Å². The van der Waals surface area contributed by atoms with Crippen LogP contribution >= 0.6 is 11.3 Å². The largest absolute Gasteiger partial charge is 0.448 e. The Morgan fingerprint density at radius 1 is 0.982 bits per heavy atom. The van der Waals surface area contributed by atoms with Gasteiger partial charge in [0, 0.05) is 33.4 Å². The van der Waals surface area contributed by atoms with E-state index in [0.717, 1.165) is 22.6 Å². The molecule has 306 valence electrons. The highest BCUT2D eigenvalue weighted by Gasteiger charge is 2.76. The Morgan fingerprint density at radius 2 is 1.75 bits per heavy atom. The molecule has 3 fully saturated rings. The highest BCUT2D eigenvalue weighted by molar-refractivity contribution is 7.09. The fraction of sp³-hybridized carbons (Fsp3) is 0.543. The first-order valence-electron chi connectivity index (χ1n) is 20.2. The number of allylic oxidation sites excluding steroid dienone is 2. The highest BCUT2D eigenvalue weighted by atomic mass is 32.1. The lowest BCUT2D eigenvalue weighted by Gasteiger charge is -2.47. The number of carbonyl (C=O) groups is 3. The molecule has 1 aromatic heterocycles. The second kappa shape index (κ2) is 14.8. The molecular weight excluding hydrogens is 752 g/mol. The van der Waals surface area contributed by atoms with Crippen molar-refractivity contribution >= 4 is 29.0 Å². The van der Waals surface area contributed by atoms with Gasteiger partial charge in [0.2, 0.25) is 0 Å². The summed E-state index contributed by atoms with van der Waals surface area (Å²) in [5.41, 5.74) is -3.70. The van der Waals surface area contributed by atoms with Crippen LogP contribution in [0.3, 0.4) is 0 Å². The second-order valence-electron chi connectivity index (χ2n) is 18.1. The van der Waals surface area contributed by atoms with Crippen molar-refractivity contribution in [2.75, 3.05) is 13.1 Å². The minimum Gasteiger partial charge on any atom is -0.448 e. The molecule has 2 saturated carbocycles. The zero-order valence-corrected chi connectivity index (χ0v) is 34.3. The predicted octanol–water partition coefficient (Wildman–Crippen LogP) is 9.23. The first kappa shape index (κ1) is 41.4. The molecular formula is C46H54F3NO6S. The van der Waals surface area contributed by atoms with E-state index >= 15 is 4.79 Å². The fourth-order valence-corrected chi connectivity index (χ4v) is 11.1. The second-order valence-corrected chi connectivity index (χ2v) is 19.1.